The van der Waals surface area contributed by atoms with Gasteiger partial charge in [0, 0.05) is 5.56 Å². The van der Waals surface area contributed by atoms with E-state index in [1.807, 2.05) is 19.9 Å². The average molecular weight is 480 g/mol. The van der Waals surface area contributed by atoms with Crippen molar-refractivity contribution in [1.29, 1.82) is 0 Å². The number of halogens is 2. The van der Waals surface area contributed by atoms with Gasteiger partial charge in [-0.3, -0.25) is 0 Å². The summed E-state index contributed by atoms with van der Waals surface area (Å²) in [6.07, 6.45) is 11.8. The van der Waals surface area contributed by atoms with Gasteiger partial charge in [-0.05, 0) is 98.9 Å². The van der Waals surface area contributed by atoms with Crippen LogP contribution in [0.4, 0.5) is 8.78 Å². The summed E-state index contributed by atoms with van der Waals surface area (Å²) in [7, 11) is 0. The third-order valence-corrected chi connectivity index (χ3v) is 8.63. The normalized spacial score (nSPS) is 27.7. The summed E-state index contributed by atoms with van der Waals surface area (Å²) >= 11 is 0. The third-order valence-electron chi connectivity index (χ3n) is 8.63. The van der Waals surface area contributed by atoms with Crippen LogP contribution in [0.1, 0.15) is 95.6 Å². The van der Waals surface area contributed by atoms with Crippen LogP contribution in [0.3, 0.4) is 0 Å². The first-order valence-corrected chi connectivity index (χ1v) is 13.7. The second-order valence-corrected chi connectivity index (χ2v) is 11.8. The second kappa shape index (κ2) is 10.0. The zero-order chi connectivity index (χ0) is 24.6. The Morgan fingerprint density at radius 1 is 0.914 bits per heavy atom. The van der Waals surface area contributed by atoms with Gasteiger partial charge in [-0.2, -0.15) is 0 Å². The van der Waals surface area contributed by atoms with E-state index >= 15 is 4.39 Å². The maximum Gasteiger partial charge on any atom is 0.219 e. The van der Waals surface area contributed by atoms with Gasteiger partial charge in [-0.25, -0.2) is 13.8 Å². The summed E-state index contributed by atoms with van der Waals surface area (Å²) in [6, 6.07) is 10.4. The highest BCUT2D eigenvalue weighted by Gasteiger charge is 2.36. The molecule has 2 aromatic rings. The van der Waals surface area contributed by atoms with Crippen LogP contribution in [0.5, 0.6) is 0 Å². The number of rotatable bonds is 6. The fourth-order valence-electron chi connectivity index (χ4n) is 6.64. The summed E-state index contributed by atoms with van der Waals surface area (Å²) < 4.78 is 35.8. The van der Waals surface area contributed by atoms with E-state index < -0.39 is 5.82 Å². The molecule has 0 spiro atoms. The molecular weight excluding hydrogens is 440 g/mol. The molecule has 2 saturated carbocycles. The van der Waals surface area contributed by atoms with E-state index in [9.17, 15) is 4.39 Å². The summed E-state index contributed by atoms with van der Waals surface area (Å²) in [6.45, 7) is 6.62. The van der Waals surface area contributed by atoms with Crippen molar-refractivity contribution in [1.82, 2.24) is 0 Å². The molecule has 2 aromatic carbocycles. The Morgan fingerprint density at radius 2 is 1.66 bits per heavy atom. The standard InChI is InChI=1S/C31H39F2NO/c1-4-5-6-20-7-8-22-16-23(10-9-21(22)15-20)24-11-13-26(28(32)17-24)25-12-14-27(29(33)18-25)30-34-31(2,3)19-35-30/h11-14,17-18,20-23H,4-10,15-16,19H2,1-3H3/t20?,21-,22-,23-/m1/s1. The van der Waals surface area contributed by atoms with Crippen molar-refractivity contribution in [3.8, 4) is 11.1 Å². The largest absolute Gasteiger partial charge is 0.475 e. The minimum atomic E-state index is -0.435. The first kappa shape index (κ1) is 24.5. The number of nitrogens with zero attached hydrogens (tertiary/aromatic N) is 1. The highest BCUT2D eigenvalue weighted by molar-refractivity contribution is 5.96. The molecule has 2 fully saturated rings. The zero-order valence-electron chi connectivity index (χ0n) is 21.5. The summed E-state index contributed by atoms with van der Waals surface area (Å²) in [4.78, 5) is 4.46. The van der Waals surface area contributed by atoms with Crippen molar-refractivity contribution >= 4 is 5.90 Å². The molecule has 0 saturated heterocycles. The van der Waals surface area contributed by atoms with Gasteiger partial charge >= 0.3 is 0 Å². The molecule has 0 bridgehead atoms. The van der Waals surface area contributed by atoms with Crippen LogP contribution in [0, 0.1) is 29.4 Å². The van der Waals surface area contributed by atoms with E-state index in [1.165, 1.54) is 57.4 Å². The molecule has 0 amide bonds. The lowest BCUT2D eigenvalue weighted by Crippen LogP contribution is -2.30. The van der Waals surface area contributed by atoms with E-state index in [1.54, 1.807) is 18.2 Å². The van der Waals surface area contributed by atoms with E-state index in [0.29, 0.717) is 35.1 Å². The van der Waals surface area contributed by atoms with E-state index in [2.05, 4.69) is 18.0 Å². The van der Waals surface area contributed by atoms with Crippen LogP contribution in [0.2, 0.25) is 0 Å². The molecule has 2 nitrogen and oxygen atoms in total. The predicted octanol–water partition coefficient (Wildman–Crippen LogP) is 8.68. The molecule has 0 radical (unpaired) electrons. The van der Waals surface area contributed by atoms with Gasteiger partial charge in [0.1, 0.15) is 18.2 Å². The molecule has 5 rings (SSSR count). The van der Waals surface area contributed by atoms with Crippen LogP contribution in [-0.2, 0) is 4.74 Å². The van der Waals surface area contributed by atoms with Crippen LogP contribution in [-0.4, -0.2) is 18.0 Å². The fraction of sp³-hybridized carbons (Fsp3) is 0.581. The number of benzene rings is 2. The molecular formula is C31H39F2NO. The van der Waals surface area contributed by atoms with Crippen molar-refractivity contribution in [3.05, 3.63) is 59.2 Å². The number of ether oxygens (including phenoxy) is 1. The molecule has 0 N–H and O–H groups in total. The topological polar surface area (TPSA) is 21.6 Å². The molecule has 4 atom stereocenters. The van der Waals surface area contributed by atoms with Gasteiger partial charge in [0.05, 0.1) is 11.1 Å². The Morgan fingerprint density at radius 3 is 2.37 bits per heavy atom. The van der Waals surface area contributed by atoms with Crippen LogP contribution in [0.15, 0.2) is 41.4 Å². The highest BCUT2D eigenvalue weighted by atomic mass is 19.1. The van der Waals surface area contributed by atoms with Crippen molar-refractivity contribution in [2.45, 2.75) is 90.0 Å². The Kier molecular flexibility index (Phi) is 7.01. The maximum atomic E-state index is 15.3. The molecule has 4 heteroatoms. The lowest BCUT2D eigenvalue weighted by molar-refractivity contribution is 0.113. The van der Waals surface area contributed by atoms with E-state index in [4.69, 9.17) is 4.74 Å². The Balaban J connectivity index is 1.27. The Bertz CT molecular complexity index is 1090. The minimum absolute atomic E-state index is 0.268. The summed E-state index contributed by atoms with van der Waals surface area (Å²) in [5.41, 5.74) is 2.07. The monoisotopic (exact) mass is 479 g/mol. The average Bonchev–Trinajstić information content (AvgIpc) is 3.21. The number of hydrogen-bond donors (Lipinski definition) is 0. The molecule has 1 unspecified atom stereocenters. The minimum Gasteiger partial charge on any atom is -0.475 e. The van der Waals surface area contributed by atoms with Gasteiger partial charge in [0.15, 0.2) is 0 Å². The SMILES string of the molecule is CCCCC1CC[C@@H]2C[C@H](c3ccc(-c4ccc(C5=NC(C)(C)CO5)c(F)c4)c(F)c3)CC[C@@H]2C1. The highest BCUT2D eigenvalue weighted by Crippen LogP contribution is 2.48. The molecule has 2 aliphatic carbocycles. The smallest absolute Gasteiger partial charge is 0.219 e. The zero-order valence-corrected chi connectivity index (χ0v) is 21.5. The van der Waals surface area contributed by atoms with Crippen LogP contribution < -0.4 is 0 Å². The predicted molar refractivity (Wildman–Crippen MR) is 139 cm³/mol. The van der Waals surface area contributed by atoms with Gasteiger partial charge < -0.3 is 4.74 Å². The lowest BCUT2D eigenvalue weighted by Gasteiger charge is -2.42. The third kappa shape index (κ3) is 5.32. The molecule has 188 valence electrons. The van der Waals surface area contributed by atoms with Gasteiger partial charge in [-0.15, -0.1) is 0 Å². The van der Waals surface area contributed by atoms with Gasteiger partial charge in [-0.1, -0.05) is 50.8 Å². The molecule has 35 heavy (non-hydrogen) atoms. The number of hydrogen-bond acceptors (Lipinski definition) is 2. The molecule has 1 heterocycles. The van der Waals surface area contributed by atoms with Crippen molar-refractivity contribution in [3.63, 3.8) is 0 Å². The number of fused-ring (bicyclic) bond motifs is 1. The molecule has 3 aliphatic rings. The summed E-state index contributed by atoms with van der Waals surface area (Å²) in [5, 5.41) is 0. The maximum absolute atomic E-state index is 15.3. The number of aliphatic imine (C=N–C) groups is 1. The van der Waals surface area contributed by atoms with Crippen molar-refractivity contribution in [2.75, 3.05) is 6.61 Å². The number of unbranched alkanes of at least 4 members (excludes halogenated alkanes) is 1. The van der Waals surface area contributed by atoms with Gasteiger partial charge in [0.25, 0.3) is 0 Å². The first-order chi connectivity index (χ1) is 16.8. The van der Waals surface area contributed by atoms with Crippen molar-refractivity contribution < 1.29 is 13.5 Å². The lowest BCUT2D eigenvalue weighted by atomic mass is 9.63. The van der Waals surface area contributed by atoms with Crippen LogP contribution in [0.25, 0.3) is 11.1 Å². The Hall–Kier alpha value is -2.23. The van der Waals surface area contributed by atoms with E-state index in [-0.39, 0.29) is 11.4 Å². The van der Waals surface area contributed by atoms with Crippen LogP contribution >= 0.6 is 0 Å². The first-order valence-electron chi connectivity index (χ1n) is 13.7. The fourth-order valence-corrected chi connectivity index (χ4v) is 6.64. The molecule has 1 aliphatic heterocycles. The summed E-state index contributed by atoms with van der Waals surface area (Å²) in [5.74, 6) is 2.64. The van der Waals surface area contributed by atoms with Crippen molar-refractivity contribution in [2.24, 2.45) is 22.7 Å². The van der Waals surface area contributed by atoms with Gasteiger partial charge in [0.2, 0.25) is 5.90 Å². The van der Waals surface area contributed by atoms with E-state index in [0.717, 1.165) is 29.7 Å². The molecule has 0 aromatic heterocycles. The Labute approximate surface area is 209 Å². The second-order valence-electron chi connectivity index (χ2n) is 11.8. The quantitative estimate of drug-likeness (QED) is 0.406.